The van der Waals surface area contributed by atoms with E-state index < -0.39 is 0 Å². The molecule has 1 aliphatic rings. The summed E-state index contributed by atoms with van der Waals surface area (Å²) in [5, 5.41) is 12.0. The van der Waals surface area contributed by atoms with Crippen molar-refractivity contribution < 1.29 is 14.6 Å². The molecule has 4 heteroatoms. The number of nitrogens with one attached hydrogen (secondary N) is 1. The quantitative estimate of drug-likeness (QED) is 0.754. The van der Waals surface area contributed by atoms with Gasteiger partial charge in [0.15, 0.2) is 0 Å². The fourth-order valence-electron chi connectivity index (χ4n) is 2.24. The molecule has 0 spiro atoms. The summed E-state index contributed by atoms with van der Waals surface area (Å²) < 4.78 is 5.62. The molecular weight excluding hydrogens is 206 g/mol. The van der Waals surface area contributed by atoms with Crippen LogP contribution in [0, 0.1) is 11.8 Å². The number of aliphatic hydroxyl groups excluding tert-OH is 1. The summed E-state index contributed by atoms with van der Waals surface area (Å²) in [6.45, 7) is 8.25. The maximum absolute atomic E-state index is 11.9. The SMILES string of the molecule is CC(O)CCNC(=O)C1C(C)OC(C)C1C. The summed E-state index contributed by atoms with van der Waals surface area (Å²) in [5.41, 5.74) is 0. The predicted octanol–water partition coefficient (Wildman–Crippen LogP) is 0.933. The maximum Gasteiger partial charge on any atom is 0.226 e. The van der Waals surface area contributed by atoms with Crippen LogP contribution in [-0.2, 0) is 9.53 Å². The number of rotatable bonds is 4. The first-order valence-electron chi connectivity index (χ1n) is 6.04. The van der Waals surface area contributed by atoms with E-state index in [-0.39, 0.29) is 36.1 Å². The van der Waals surface area contributed by atoms with E-state index >= 15 is 0 Å². The average molecular weight is 229 g/mol. The van der Waals surface area contributed by atoms with Crippen LogP contribution >= 0.6 is 0 Å². The molecule has 0 bridgehead atoms. The highest BCUT2D eigenvalue weighted by Crippen LogP contribution is 2.32. The van der Waals surface area contributed by atoms with E-state index in [0.29, 0.717) is 13.0 Å². The predicted molar refractivity (Wildman–Crippen MR) is 62.0 cm³/mol. The van der Waals surface area contributed by atoms with Gasteiger partial charge in [-0.2, -0.15) is 0 Å². The zero-order valence-corrected chi connectivity index (χ0v) is 10.6. The normalized spacial score (nSPS) is 36.1. The van der Waals surface area contributed by atoms with Crippen LogP contribution in [0.3, 0.4) is 0 Å². The molecule has 1 amide bonds. The Morgan fingerprint density at radius 3 is 2.44 bits per heavy atom. The van der Waals surface area contributed by atoms with Gasteiger partial charge in [0.05, 0.1) is 24.2 Å². The van der Waals surface area contributed by atoms with Crippen LogP contribution in [0.2, 0.25) is 0 Å². The second-order valence-corrected chi connectivity index (χ2v) is 4.86. The Morgan fingerprint density at radius 1 is 1.38 bits per heavy atom. The lowest BCUT2D eigenvalue weighted by atomic mass is 9.89. The van der Waals surface area contributed by atoms with Gasteiger partial charge in [-0.05, 0) is 33.1 Å². The van der Waals surface area contributed by atoms with Crippen LogP contribution in [0.4, 0.5) is 0 Å². The number of hydrogen-bond acceptors (Lipinski definition) is 3. The number of hydrogen-bond donors (Lipinski definition) is 2. The molecule has 1 fully saturated rings. The van der Waals surface area contributed by atoms with Gasteiger partial charge in [-0.25, -0.2) is 0 Å². The molecule has 0 aromatic heterocycles. The Balaban J connectivity index is 2.41. The molecule has 5 atom stereocenters. The van der Waals surface area contributed by atoms with Crippen molar-refractivity contribution in [1.82, 2.24) is 5.32 Å². The zero-order valence-electron chi connectivity index (χ0n) is 10.6. The minimum atomic E-state index is -0.367. The monoisotopic (exact) mass is 229 g/mol. The van der Waals surface area contributed by atoms with Gasteiger partial charge in [0.2, 0.25) is 5.91 Å². The summed E-state index contributed by atoms with van der Waals surface area (Å²) in [5.74, 6) is 0.232. The molecule has 1 saturated heterocycles. The Bertz CT molecular complexity index is 242. The van der Waals surface area contributed by atoms with Crippen molar-refractivity contribution in [3.8, 4) is 0 Å². The van der Waals surface area contributed by atoms with Crippen molar-refractivity contribution in [2.24, 2.45) is 11.8 Å². The zero-order chi connectivity index (χ0) is 12.3. The van der Waals surface area contributed by atoms with E-state index in [2.05, 4.69) is 5.32 Å². The van der Waals surface area contributed by atoms with E-state index in [1.807, 2.05) is 20.8 Å². The van der Waals surface area contributed by atoms with Crippen LogP contribution in [0.15, 0.2) is 0 Å². The number of carbonyl (C=O) groups excluding carboxylic acids is 1. The largest absolute Gasteiger partial charge is 0.393 e. The van der Waals surface area contributed by atoms with Crippen LogP contribution in [0.1, 0.15) is 34.1 Å². The van der Waals surface area contributed by atoms with Gasteiger partial charge in [0.25, 0.3) is 0 Å². The van der Waals surface area contributed by atoms with E-state index in [0.717, 1.165) is 0 Å². The molecular formula is C12H23NO3. The van der Waals surface area contributed by atoms with E-state index in [1.165, 1.54) is 0 Å². The Kier molecular flexibility index (Phi) is 4.74. The topological polar surface area (TPSA) is 58.6 Å². The van der Waals surface area contributed by atoms with E-state index in [9.17, 15) is 4.79 Å². The molecule has 1 rings (SSSR count). The molecule has 2 N–H and O–H groups in total. The van der Waals surface area contributed by atoms with Crippen LogP contribution < -0.4 is 5.32 Å². The molecule has 16 heavy (non-hydrogen) atoms. The summed E-state index contributed by atoms with van der Waals surface area (Å²) in [7, 11) is 0. The van der Waals surface area contributed by atoms with Gasteiger partial charge in [-0.1, -0.05) is 6.92 Å². The number of ether oxygens (including phenoxy) is 1. The first-order chi connectivity index (χ1) is 7.43. The molecule has 0 aromatic rings. The minimum absolute atomic E-state index is 0.0171. The molecule has 5 unspecified atom stereocenters. The fraction of sp³-hybridized carbons (Fsp3) is 0.917. The fourth-order valence-corrected chi connectivity index (χ4v) is 2.24. The average Bonchev–Trinajstić information content (AvgIpc) is 2.40. The van der Waals surface area contributed by atoms with Crippen molar-refractivity contribution in [2.45, 2.75) is 52.4 Å². The van der Waals surface area contributed by atoms with Crippen molar-refractivity contribution in [3.05, 3.63) is 0 Å². The van der Waals surface area contributed by atoms with Crippen molar-refractivity contribution in [2.75, 3.05) is 6.54 Å². The van der Waals surface area contributed by atoms with Crippen LogP contribution in [-0.4, -0.2) is 35.9 Å². The molecule has 0 aliphatic carbocycles. The number of aliphatic hydroxyl groups is 1. The standard InChI is InChI=1S/C12H23NO3/c1-7(14)5-6-13-12(15)11-8(2)9(3)16-10(11)4/h7-11,14H,5-6H2,1-4H3,(H,13,15). The third-order valence-electron chi connectivity index (χ3n) is 3.41. The number of amides is 1. The highest BCUT2D eigenvalue weighted by Gasteiger charge is 2.41. The molecule has 1 heterocycles. The van der Waals surface area contributed by atoms with E-state index in [1.54, 1.807) is 6.92 Å². The smallest absolute Gasteiger partial charge is 0.226 e. The van der Waals surface area contributed by atoms with E-state index in [4.69, 9.17) is 9.84 Å². The van der Waals surface area contributed by atoms with Gasteiger partial charge in [-0.15, -0.1) is 0 Å². The van der Waals surface area contributed by atoms with Crippen molar-refractivity contribution in [3.63, 3.8) is 0 Å². The molecule has 4 nitrogen and oxygen atoms in total. The summed E-state index contributed by atoms with van der Waals surface area (Å²) in [6.07, 6.45) is 0.352. The van der Waals surface area contributed by atoms with Gasteiger partial charge in [0, 0.05) is 6.54 Å². The van der Waals surface area contributed by atoms with Gasteiger partial charge in [-0.3, -0.25) is 4.79 Å². The Hall–Kier alpha value is -0.610. The lowest BCUT2D eigenvalue weighted by molar-refractivity contribution is -0.127. The van der Waals surface area contributed by atoms with Crippen LogP contribution in [0.5, 0.6) is 0 Å². The van der Waals surface area contributed by atoms with Gasteiger partial charge in [0.1, 0.15) is 0 Å². The van der Waals surface area contributed by atoms with Crippen molar-refractivity contribution in [1.29, 1.82) is 0 Å². The minimum Gasteiger partial charge on any atom is -0.393 e. The maximum atomic E-state index is 11.9. The molecule has 0 aromatic carbocycles. The third kappa shape index (κ3) is 3.19. The molecule has 0 radical (unpaired) electrons. The highest BCUT2D eigenvalue weighted by molar-refractivity contribution is 5.79. The summed E-state index contributed by atoms with van der Waals surface area (Å²) in [6, 6.07) is 0. The lowest BCUT2D eigenvalue weighted by Crippen LogP contribution is -2.38. The van der Waals surface area contributed by atoms with Crippen molar-refractivity contribution >= 4 is 5.91 Å². The first-order valence-corrected chi connectivity index (χ1v) is 6.04. The molecule has 1 aliphatic heterocycles. The van der Waals surface area contributed by atoms with Gasteiger partial charge < -0.3 is 15.2 Å². The Labute approximate surface area is 97.4 Å². The molecule has 94 valence electrons. The second kappa shape index (κ2) is 5.64. The van der Waals surface area contributed by atoms with Crippen LogP contribution in [0.25, 0.3) is 0 Å². The molecule has 0 saturated carbocycles. The third-order valence-corrected chi connectivity index (χ3v) is 3.41. The Morgan fingerprint density at radius 2 is 2.00 bits per heavy atom. The van der Waals surface area contributed by atoms with Gasteiger partial charge >= 0.3 is 0 Å². The lowest BCUT2D eigenvalue weighted by Gasteiger charge is -2.18. The summed E-state index contributed by atoms with van der Waals surface area (Å²) in [4.78, 5) is 11.9. The summed E-state index contributed by atoms with van der Waals surface area (Å²) >= 11 is 0. The highest BCUT2D eigenvalue weighted by atomic mass is 16.5. The second-order valence-electron chi connectivity index (χ2n) is 4.86. The number of carbonyl (C=O) groups is 1. The first kappa shape index (κ1) is 13.5.